The predicted molar refractivity (Wildman–Crippen MR) is 209 cm³/mol. The molecule has 0 saturated carbocycles. The van der Waals surface area contributed by atoms with E-state index in [4.69, 9.17) is 0 Å². The second-order valence-corrected chi connectivity index (χ2v) is 12.9. The average Bonchev–Trinajstić information content (AvgIpc) is 3.50. The smallest absolute Gasteiger partial charge is 0.0714 e. The molecule has 8 aromatic carbocycles. The van der Waals surface area contributed by atoms with Crippen molar-refractivity contribution in [3.05, 3.63) is 235 Å². The minimum Gasteiger partial charge on any atom is -0.310 e. The molecule has 0 atom stereocenters. The summed E-state index contributed by atoms with van der Waals surface area (Å²) in [6, 6.07) is 77.1. The molecule has 0 spiro atoms. The van der Waals surface area contributed by atoms with Crippen molar-refractivity contribution in [1.82, 2.24) is 0 Å². The molecule has 0 aromatic heterocycles. The van der Waals surface area contributed by atoms with Gasteiger partial charge in [-0.1, -0.05) is 176 Å². The van der Waals surface area contributed by atoms with Crippen LogP contribution in [0.4, 0.5) is 17.1 Å². The maximum atomic E-state index is 2.43. The van der Waals surface area contributed by atoms with Crippen LogP contribution >= 0.6 is 0 Å². The van der Waals surface area contributed by atoms with E-state index in [1.165, 1.54) is 55.6 Å². The van der Waals surface area contributed by atoms with Gasteiger partial charge in [-0.15, -0.1) is 0 Å². The van der Waals surface area contributed by atoms with Crippen molar-refractivity contribution >= 4 is 17.1 Å². The van der Waals surface area contributed by atoms with Gasteiger partial charge in [0.2, 0.25) is 0 Å². The molecular formula is C49H35N. The standard InChI is InChI=1S/C49H35N/c1-5-17-36(18-6-1)43-25-13-14-26-44(43)37-29-31-41(32-30-37)50(40-23-11-4-12-24-40)42-33-34-46-45-27-15-16-28-47(45)49(48(46)35-42,38-19-7-2-8-20-38)39-21-9-3-10-22-39/h1-35H. The van der Waals surface area contributed by atoms with Gasteiger partial charge in [0.15, 0.2) is 0 Å². The van der Waals surface area contributed by atoms with Crippen LogP contribution < -0.4 is 4.90 Å². The molecule has 0 heterocycles. The number of anilines is 3. The first-order valence-electron chi connectivity index (χ1n) is 17.3. The molecule has 0 N–H and O–H groups in total. The van der Waals surface area contributed by atoms with Gasteiger partial charge >= 0.3 is 0 Å². The Labute approximate surface area is 294 Å². The van der Waals surface area contributed by atoms with Crippen LogP contribution in [0.15, 0.2) is 212 Å². The second-order valence-electron chi connectivity index (χ2n) is 12.9. The quantitative estimate of drug-likeness (QED) is 0.168. The molecule has 0 unspecified atom stereocenters. The first-order chi connectivity index (χ1) is 24.8. The van der Waals surface area contributed by atoms with E-state index in [2.05, 4.69) is 217 Å². The monoisotopic (exact) mass is 637 g/mol. The highest BCUT2D eigenvalue weighted by molar-refractivity contribution is 5.90. The summed E-state index contributed by atoms with van der Waals surface area (Å²) in [6.07, 6.45) is 0. The number of fused-ring (bicyclic) bond motifs is 3. The van der Waals surface area contributed by atoms with Crippen LogP contribution in [0.5, 0.6) is 0 Å². The van der Waals surface area contributed by atoms with E-state index >= 15 is 0 Å². The number of hydrogen-bond donors (Lipinski definition) is 0. The molecule has 1 nitrogen and oxygen atoms in total. The Morgan fingerprint density at radius 3 is 1.30 bits per heavy atom. The summed E-state index contributed by atoms with van der Waals surface area (Å²) >= 11 is 0. The summed E-state index contributed by atoms with van der Waals surface area (Å²) < 4.78 is 0. The Bertz CT molecular complexity index is 2360. The lowest BCUT2D eigenvalue weighted by Gasteiger charge is -2.35. The lowest BCUT2D eigenvalue weighted by Crippen LogP contribution is -2.28. The van der Waals surface area contributed by atoms with E-state index in [0.717, 1.165) is 17.1 Å². The van der Waals surface area contributed by atoms with Gasteiger partial charge in [-0.3, -0.25) is 0 Å². The van der Waals surface area contributed by atoms with Crippen LogP contribution in [0.3, 0.4) is 0 Å². The Kier molecular flexibility index (Phi) is 7.44. The minimum absolute atomic E-state index is 0.460. The van der Waals surface area contributed by atoms with E-state index < -0.39 is 5.41 Å². The third-order valence-electron chi connectivity index (χ3n) is 10.2. The minimum atomic E-state index is -0.460. The van der Waals surface area contributed by atoms with Crippen molar-refractivity contribution in [2.75, 3.05) is 4.90 Å². The van der Waals surface area contributed by atoms with Crippen LogP contribution in [0.25, 0.3) is 33.4 Å². The van der Waals surface area contributed by atoms with Gasteiger partial charge in [0.05, 0.1) is 5.41 Å². The normalized spacial score (nSPS) is 12.6. The number of hydrogen-bond acceptors (Lipinski definition) is 1. The van der Waals surface area contributed by atoms with Gasteiger partial charge in [-0.25, -0.2) is 0 Å². The molecule has 1 heteroatoms. The second kappa shape index (κ2) is 12.5. The van der Waals surface area contributed by atoms with Crippen molar-refractivity contribution in [2.45, 2.75) is 5.41 Å². The topological polar surface area (TPSA) is 3.24 Å². The van der Waals surface area contributed by atoms with Crippen LogP contribution in [0.1, 0.15) is 22.3 Å². The molecular weight excluding hydrogens is 603 g/mol. The molecule has 0 radical (unpaired) electrons. The zero-order valence-electron chi connectivity index (χ0n) is 27.7. The Morgan fingerprint density at radius 2 is 0.700 bits per heavy atom. The van der Waals surface area contributed by atoms with Crippen molar-refractivity contribution < 1.29 is 0 Å². The molecule has 50 heavy (non-hydrogen) atoms. The maximum Gasteiger partial charge on any atom is 0.0714 e. The first-order valence-corrected chi connectivity index (χ1v) is 17.3. The van der Waals surface area contributed by atoms with Crippen LogP contribution in [-0.2, 0) is 5.41 Å². The van der Waals surface area contributed by atoms with E-state index in [1.807, 2.05) is 0 Å². The molecule has 8 aromatic rings. The number of benzene rings is 8. The van der Waals surface area contributed by atoms with Crippen molar-refractivity contribution in [3.63, 3.8) is 0 Å². The Hall–Kier alpha value is -6.44. The maximum absolute atomic E-state index is 2.43. The van der Waals surface area contributed by atoms with E-state index in [1.54, 1.807) is 0 Å². The fourth-order valence-electron chi connectivity index (χ4n) is 7.99. The van der Waals surface area contributed by atoms with E-state index in [9.17, 15) is 0 Å². The fourth-order valence-corrected chi connectivity index (χ4v) is 7.99. The highest BCUT2D eigenvalue weighted by Crippen LogP contribution is 2.57. The summed E-state index contributed by atoms with van der Waals surface area (Å²) in [4.78, 5) is 2.39. The molecule has 1 aliphatic rings. The molecule has 1 aliphatic carbocycles. The predicted octanol–water partition coefficient (Wildman–Crippen LogP) is 12.9. The van der Waals surface area contributed by atoms with E-state index in [0.29, 0.717) is 0 Å². The third kappa shape index (κ3) is 4.86. The summed E-state index contributed by atoms with van der Waals surface area (Å²) in [6.45, 7) is 0. The SMILES string of the molecule is c1ccc(-c2ccccc2-c2ccc(N(c3ccccc3)c3ccc4c(c3)C(c3ccccc3)(c3ccccc3)c3ccccc3-4)cc2)cc1. The van der Waals surface area contributed by atoms with E-state index in [-0.39, 0.29) is 0 Å². The summed E-state index contributed by atoms with van der Waals surface area (Å²) in [5.74, 6) is 0. The highest BCUT2D eigenvalue weighted by atomic mass is 15.1. The summed E-state index contributed by atoms with van der Waals surface area (Å²) in [7, 11) is 0. The van der Waals surface area contributed by atoms with Crippen LogP contribution in [0.2, 0.25) is 0 Å². The Morgan fingerprint density at radius 1 is 0.280 bits per heavy atom. The van der Waals surface area contributed by atoms with Gasteiger partial charge in [-0.2, -0.15) is 0 Å². The molecule has 0 fully saturated rings. The zero-order valence-corrected chi connectivity index (χ0v) is 27.7. The fraction of sp³-hybridized carbons (Fsp3) is 0.0204. The van der Waals surface area contributed by atoms with Crippen molar-refractivity contribution in [1.29, 1.82) is 0 Å². The third-order valence-corrected chi connectivity index (χ3v) is 10.2. The molecule has 9 rings (SSSR count). The molecule has 0 aliphatic heterocycles. The van der Waals surface area contributed by atoms with Gasteiger partial charge in [-0.05, 0) is 92.0 Å². The zero-order chi connectivity index (χ0) is 33.3. The van der Waals surface area contributed by atoms with Gasteiger partial charge < -0.3 is 4.90 Å². The number of para-hydroxylation sites is 1. The summed E-state index contributed by atoms with van der Waals surface area (Å²) in [5, 5.41) is 0. The molecule has 236 valence electrons. The molecule has 0 saturated heterocycles. The van der Waals surface area contributed by atoms with Gasteiger partial charge in [0, 0.05) is 17.1 Å². The van der Waals surface area contributed by atoms with Gasteiger partial charge in [0.25, 0.3) is 0 Å². The largest absolute Gasteiger partial charge is 0.310 e. The number of nitrogens with zero attached hydrogens (tertiary/aromatic N) is 1. The van der Waals surface area contributed by atoms with Crippen molar-refractivity contribution in [2.24, 2.45) is 0 Å². The lowest BCUT2D eigenvalue weighted by atomic mass is 9.67. The number of rotatable bonds is 7. The molecule has 0 bridgehead atoms. The highest BCUT2D eigenvalue weighted by Gasteiger charge is 2.46. The van der Waals surface area contributed by atoms with Crippen molar-refractivity contribution in [3.8, 4) is 33.4 Å². The van der Waals surface area contributed by atoms with Crippen LogP contribution in [-0.4, -0.2) is 0 Å². The lowest BCUT2D eigenvalue weighted by molar-refractivity contribution is 0.768. The van der Waals surface area contributed by atoms with Gasteiger partial charge in [0.1, 0.15) is 0 Å². The molecule has 0 amide bonds. The Balaban J connectivity index is 1.22. The average molecular weight is 638 g/mol. The van der Waals surface area contributed by atoms with Crippen LogP contribution in [0, 0.1) is 0 Å². The summed E-state index contributed by atoms with van der Waals surface area (Å²) in [5.41, 5.74) is 15.5. The first kappa shape index (κ1) is 29.7.